The fourth-order valence-electron chi connectivity index (χ4n) is 2.05. The SMILES string of the molecule is CC[C@@H](Nc1cccc(C)c1C)C(=O)Nc1nc(C)cs1. The van der Waals surface area contributed by atoms with Crippen molar-refractivity contribution in [2.24, 2.45) is 0 Å². The average molecular weight is 303 g/mol. The summed E-state index contributed by atoms with van der Waals surface area (Å²) in [5.74, 6) is -0.0484. The van der Waals surface area contributed by atoms with Gasteiger partial charge in [0.25, 0.3) is 0 Å². The molecule has 1 amide bonds. The first-order valence-corrected chi connectivity index (χ1v) is 7.95. The fourth-order valence-corrected chi connectivity index (χ4v) is 2.74. The van der Waals surface area contributed by atoms with Crippen LogP contribution in [0.4, 0.5) is 10.8 Å². The molecule has 1 aromatic heterocycles. The summed E-state index contributed by atoms with van der Waals surface area (Å²) < 4.78 is 0. The highest BCUT2D eigenvalue weighted by molar-refractivity contribution is 7.13. The second kappa shape index (κ2) is 6.72. The lowest BCUT2D eigenvalue weighted by molar-refractivity contribution is -0.116. The number of anilines is 2. The number of hydrogen-bond donors (Lipinski definition) is 2. The fraction of sp³-hybridized carbons (Fsp3) is 0.375. The lowest BCUT2D eigenvalue weighted by atomic mass is 10.1. The van der Waals surface area contributed by atoms with Gasteiger partial charge in [-0.2, -0.15) is 0 Å². The molecule has 2 rings (SSSR count). The Hall–Kier alpha value is -1.88. The molecule has 0 saturated heterocycles. The normalized spacial score (nSPS) is 12.0. The minimum Gasteiger partial charge on any atom is -0.373 e. The van der Waals surface area contributed by atoms with Gasteiger partial charge in [0.2, 0.25) is 5.91 Å². The number of nitrogens with zero attached hydrogens (tertiary/aromatic N) is 1. The third-order valence-electron chi connectivity index (χ3n) is 3.51. The van der Waals surface area contributed by atoms with Gasteiger partial charge in [0.1, 0.15) is 6.04 Å². The van der Waals surface area contributed by atoms with Crippen molar-refractivity contribution in [3.05, 3.63) is 40.4 Å². The molecular weight excluding hydrogens is 282 g/mol. The maximum atomic E-state index is 12.3. The summed E-state index contributed by atoms with van der Waals surface area (Å²) in [6.45, 7) is 8.04. The Kier molecular flexibility index (Phi) is 4.96. The van der Waals surface area contributed by atoms with E-state index in [0.717, 1.165) is 11.4 Å². The average Bonchev–Trinajstić information content (AvgIpc) is 2.85. The highest BCUT2D eigenvalue weighted by Crippen LogP contribution is 2.20. The van der Waals surface area contributed by atoms with Gasteiger partial charge in [0.05, 0.1) is 5.69 Å². The Bertz CT molecular complexity index is 636. The Labute approximate surface area is 129 Å². The predicted molar refractivity (Wildman–Crippen MR) is 89.1 cm³/mol. The first-order chi connectivity index (χ1) is 10.0. The smallest absolute Gasteiger partial charge is 0.248 e. The van der Waals surface area contributed by atoms with Crippen LogP contribution in [-0.2, 0) is 4.79 Å². The molecule has 21 heavy (non-hydrogen) atoms. The number of nitrogens with one attached hydrogen (secondary N) is 2. The Morgan fingerprint density at radius 3 is 2.71 bits per heavy atom. The molecule has 0 bridgehead atoms. The van der Waals surface area contributed by atoms with Crippen molar-refractivity contribution in [1.29, 1.82) is 0 Å². The van der Waals surface area contributed by atoms with E-state index in [1.165, 1.54) is 22.5 Å². The number of carbonyl (C=O) groups is 1. The van der Waals surface area contributed by atoms with E-state index in [1.54, 1.807) is 0 Å². The van der Waals surface area contributed by atoms with Crippen molar-refractivity contribution in [3.8, 4) is 0 Å². The second-order valence-corrected chi connectivity index (χ2v) is 5.99. The van der Waals surface area contributed by atoms with Crippen LogP contribution in [0.2, 0.25) is 0 Å². The number of carbonyl (C=O) groups excluding carboxylic acids is 1. The molecule has 0 radical (unpaired) electrons. The molecule has 0 aliphatic carbocycles. The number of hydrogen-bond acceptors (Lipinski definition) is 4. The topological polar surface area (TPSA) is 54.0 Å². The van der Waals surface area contributed by atoms with E-state index in [9.17, 15) is 4.79 Å². The summed E-state index contributed by atoms with van der Waals surface area (Å²) in [4.78, 5) is 16.6. The van der Waals surface area contributed by atoms with E-state index in [1.807, 2.05) is 31.4 Å². The van der Waals surface area contributed by atoms with Crippen LogP contribution in [0.15, 0.2) is 23.6 Å². The van der Waals surface area contributed by atoms with Gasteiger partial charge in [-0.3, -0.25) is 4.79 Å². The summed E-state index contributed by atoms with van der Waals surface area (Å²) >= 11 is 1.45. The van der Waals surface area contributed by atoms with Crippen molar-refractivity contribution in [1.82, 2.24) is 4.98 Å². The molecule has 0 unspecified atom stereocenters. The zero-order valence-electron chi connectivity index (χ0n) is 12.9. The van der Waals surface area contributed by atoms with Crippen LogP contribution in [0.1, 0.15) is 30.2 Å². The summed E-state index contributed by atoms with van der Waals surface area (Å²) in [5, 5.41) is 8.78. The summed E-state index contributed by atoms with van der Waals surface area (Å²) in [5.41, 5.74) is 4.32. The molecule has 0 fully saturated rings. The summed E-state index contributed by atoms with van der Waals surface area (Å²) in [7, 11) is 0. The van der Waals surface area contributed by atoms with Crippen molar-refractivity contribution in [2.75, 3.05) is 10.6 Å². The number of aromatic nitrogens is 1. The highest BCUT2D eigenvalue weighted by atomic mass is 32.1. The molecule has 112 valence electrons. The molecule has 0 saturated carbocycles. The lowest BCUT2D eigenvalue weighted by Crippen LogP contribution is -2.34. The van der Waals surface area contributed by atoms with Crippen molar-refractivity contribution >= 4 is 28.1 Å². The van der Waals surface area contributed by atoms with E-state index >= 15 is 0 Å². The van der Waals surface area contributed by atoms with E-state index in [4.69, 9.17) is 0 Å². The van der Waals surface area contributed by atoms with E-state index in [0.29, 0.717) is 11.6 Å². The number of rotatable bonds is 5. The molecule has 1 atom stereocenters. The third kappa shape index (κ3) is 3.82. The third-order valence-corrected chi connectivity index (χ3v) is 4.38. The maximum Gasteiger partial charge on any atom is 0.248 e. The Balaban J connectivity index is 2.08. The molecule has 4 nitrogen and oxygen atoms in total. The van der Waals surface area contributed by atoms with Gasteiger partial charge in [-0.05, 0) is 44.4 Å². The molecule has 0 aliphatic rings. The first-order valence-electron chi connectivity index (χ1n) is 7.07. The largest absolute Gasteiger partial charge is 0.373 e. The van der Waals surface area contributed by atoms with Crippen LogP contribution in [-0.4, -0.2) is 16.9 Å². The van der Waals surface area contributed by atoms with Crippen LogP contribution in [0, 0.1) is 20.8 Å². The summed E-state index contributed by atoms with van der Waals surface area (Å²) in [6, 6.07) is 5.81. The molecule has 1 heterocycles. The van der Waals surface area contributed by atoms with Crippen LogP contribution in [0.3, 0.4) is 0 Å². The molecule has 2 N–H and O–H groups in total. The quantitative estimate of drug-likeness (QED) is 0.881. The minimum atomic E-state index is -0.269. The van der Waals surface area contributed by atoms with Gasteiger partial charge < -0.3 is 10.6 Å². The predicted octanol–water partition coefficient (Wildman–Crippen LogP) is 3.90. The number of amides is 1. The van der Waals surface area contributed by atoms with E-state index in [2.05, 4.69) is 35.5 Å². The second-order valence-electron chi connectivity index (χ2n) is 5.14. The maximum absolute atomic E-state index is 12.3. The number of thiazole rings is 1. The lowest BCUT2D eigenvalue weighted by Gasteiger charge is -2.19. The highest BCUT2D eigenvalue weighted by Gasteiger charge is 2.18. The van der Waals surface area contributed by atoms with Gasteiger partial charge in [-0.15, -0.1) is 11.3 Å². The monoisotopic (exact) mass is 303 g/mol. The van der Waals surface area contributed by atoms with Gasteiger partial charge >= 0.3 is 0 Å². The van der Waals surface area contributed by atoms with Crippen LogP contribution < -0.4 is 10.6 Å². The van der Waals surface area contributed by atoms with Gasteiger partial charge in [-0.1, -0.05) is 19.1 Å². The minimum absolute atomic E-state index is 0.0484. The van der Waals surface area contributed by atoms with Gasteiger partial charge in [0, 0.05) is 11.1 Å². The molecule has 0 spiro atoms. The van der Waals surface area contributed by atoms with Crippen LogP contribution >= 0.6 is 11.3 Å². The van der Waals surface area contributed by atoms with Crippen molar-refractivity contribution in [3.63, 3.8) is 0 Å². The molecular formula is C16H21N3OS. The Morgan fingerprint density at radius 2 is 2.10 bits per heavy atom. The number of benzene rings is 1. The summed E-state index contributed by atoms with van der Waals surface area (Å²) in [6.07, 6.45) is 0.712. The van der Waals surface area contributed by atoms with Gasteiger partial charge in [-0.25, -0.2) is 4.98 Å². The van der Waals surface area contributed by atoms with Crippen LogP contribution in [0.25, 0.3) is 0 Å². The number of aryl methyl sites for hydroxylation is 2. The molecule has 1 aromatic carbocycles. The standard InChI is InChI=1S/C16H21N3OS/c1-5-13(15(20)19-16-17-11(3)9-21-16)18-14-8-6-7-10(2)12(14)4/h6-9,13,18H,5H2,1-4H3,(H,17,19,20)/t13-/m1/s1. The van der Waals surface area contributed by atoms with Crippen LogP contribution in [0.5, 0.6) is 0 Å². The molecule has 2 aromatic rings. The molecule has 5 heteroatoms. The zero-order valence-corrected chi connectivity index (χ0v) is 13.7. The van der Waals surface area contributed by atoms with Crippen molar-refractivity contribution < 1.29 is 4.79 Å². The van der Waals surface area contributed by atoms with E-state index in [-0.39, 0.29) is 11.9 Å². The van der Waals surface area contributed by atoms with Crippen molar-refractivity contribution in [2.45, 2.75) is 40.2 Å². The van der Waals surface area contributed by atoms with Gasteiger partial charge in [0.15, 0.2) is 5.13 Å². The Morgan fingerprint density at radius 1 is 1.33 bits per heavy atom. The molecule has 0 aliphatic heterocycles. The zero-order chi connectivity index (χ0) is 15.4. The first kappa shape index (κ1) is 15.5. The van der Waals surface area contributed by atoms with E-state index < -0.39 is 0 Å².